The Bertz CT molecular complexity index is 629. The van der Waals surface area contributed by atoms with Crippen LogP contribution in [0.1, 0.15) is 11.3 Å². The molecule has 0 saturated carbocycles. The van der Waals surface area contributed by atoms with Gasteiger partial charge in [0, 0.05) is 25.0 Å². The van der Waals surface area contributed by atoms with E-state index in [1.165, 1.54) is 6.07 Å². The summed E-state index contributed by atoms with van der Waals surface area (Å²) in [6, 6.07) is 8.45. The monoisotopic (exact) mass is 273 g/mol. The number of nitrogens with one attached hydrogen (secondary N) is 1. The molecule has 6 heteroatoms. The van der Waals surface area contributed by atoms with Gasteiger partial charge in [-0.3, -0.25) is 15.1 Å². The molecule has 6 nitrogen and oxygen atoms in total. The van der Waals surface area contributed by atoms with E-state index in [0.717, 1.165) is 11.3 Å². The van der Waals surface area contributed by atoms with E-state index in [4.69, 9.17) is 4.74 Å². The van der Waals surface area contributed by atoms with E-state index in [1.807, 2.05) is 26.1 Å². The van der Waals surface area contributed by atoms with E-state index in [9.17, 15) is 10.1 Å². The Balaban J connectivity index is 2.17. The van der Waals surface area contributed by atoms with Crippen LogP contribution in [0.2, 0.25) is 0 Å². The minimum Gasteiger partial charge on any atom is -0.480 e. The molecular formula is C14H15N3O3. The molecule has 0 aliphatic rings. The number of rotatable bonds is 5. The van der Waals surface area contributed by atoms with Crippen molar-refractivity contribution in [2.75, 3.05) is 12.4 Å². The van der Waals surface area contributed by atoms with Crippen molar-refractivity contribution in [2.24, 2.45) is 0 Å². The molecule has 0 bridgehead atoms. The lowest BCUT2D eigenvalue weighted by Gasteiger charge is -2.08. The summed E-state index contributed by atoms with van der Waals surface area (Å²) in [5, 5.41) is 13.9. The highest BCUT2D eigenvalue weighted by Crippen LogP contribution is 2.28. The average molecular weight is 273 g/mol. The normalized spacial score (nSPS) is 10.1. The Morgan fingerprint density at radius 1 is 1.35 bits per heavy atom. The Kier molecular flexibility index (Phi) is 4.14. The molecule has 1 heterocycles. The fourth-order valence-corrected chi connectivity index (χ4v) is 1.75. The smallest absolute Gasteiger partial charge is 0.310 e. The van der Waals surface area contributed by atoms with Crippen molar-refractivity contribution in [3.05, 3.63) is 57.9 Å². The van der Waals surface area contributed by atoms with Crippen molar-refractivity contribution in [2.45, 2.75) is 13.5 Å². The standard InChI is InChI=1S/C14H15N3O3/c1-10-3-4-13(17(18)19)14(7-10)20-9-12-8-11(15-2)5-6-16-12/h3-8H,9H2,1-2H3,(H,15,16). The number of nitrogens with zero attached hydrogens (tertiary/aromatic N) is 2. The molecule has 1 aromatic carbocycles. The predicted octanol–water partition coefficient (Wildman–Crippen LogP) is 2.92. The van der Waals surface area contributed by atoms with Gasteiger partial charge >= 0.3 is 5.69 Å². The summed E-state index contributed by atoms with van der Waals surface area (Å²) in [7, 11) is 1.81. The second kappa shape index (κ2) is 6.01. The molecular weight excluding hydrogens is 258 g/mol. The van der Waals surface area contributed by atoms with Crippen LogP contribution in [-0.2, 0) is 6.61 Å². The summed E-state index contributed by atoms with van der Waals surface area (Å²) in [6.07, 6.45) is 1.66. The topological polar surface area (TPSA) is 77.3 Å². The van der Waals surface area contributed by atoms with E-state index in [-0.39, 0.29) is 18.0 Å². The van der Waals surface area contributed by atoms with Crippen LogP contribution in [0.4, 0.5) is 11.4 Å². The summed E-state index contributed by atoms with van der Waals surface area (Å²) in [4.78, 5) is 14.7. The fourth-order valence-electron chi connectivity index (χ4n) is 1.75. The first-order valence-corrected chi connectivity index (χ1v) is 6.10. The largest absolute Gasteiger partial charge is 0.480 e. The Morgan fingerprint density at radius 3 is 2.85 bits per heavy atom. The summed E-state index contributed by atoms with van der Waals surface area (Å²) in [5.74, 6) is 0.256. The molecule has 0 unspecified atom stereocenters. The van der Waals surface area contributed by atoms with Gasteiger partial charge in [0.25, 0.3) is 0 Å². The molecule has 0 radical (unpaired) electrons. The van der Waals surface area contributed by atoms with Crippen molar-refractivity contribution < 1.29 is 9.66 Å². The molecule has 104 valence electrons. The fraction of sp³-hybridized carbons (Fsp3) is 0.214. The molecule has 0 atom stereocenters. The number of benzene rings is 1. The zero-order chi connectivity index (χ0) is 14.5. The summed E-state index contributed by atoms with van der Waals surface area (Å²) in [5.41, 5.74) is 2.48. The molecule has 1 aromatic heterocycles. The second-order valence-electron chi connectivity index (χ2n) is 4.30. The predicted molar refractivity (Wildman–Crippen MR) is 75.9 cm³/mol. The SMILES string of the molecule is CNc1ccnc(COc2cc(C)ccc2[N+](=O)[O-])c1. The Labute approximate surface area is 116 Å². The lowest BCUT2D eigenvalue weighted by molar-refractivity contribution is -0.386. The van der Waals surface area contributed by atoms with Crippen LogP contribution < -0.4 is 10.1 Å². The van der Waals surface area contributed by atoms with Gasteiger partial charge in [-0.05, 0) is 30.7 Å². The van der Waals surface area contributed by atoms with Gasteiger partial charge in [0.15, 0.2) is 5.75 Å². The van der Waals surface area contributed by atoms with Crippen LogP contribution in [0.3, 0.4) is 0 Å². The first kappa shape index (κ1) is 13.8. The zero-order valence-corrected chi connectivity index (χ0v) is 11.3. The molecule has 0 spiro atoms. The minimum absolute atomic E-state index is 0.0413. The van der Waals surface area contributed by atoms with Gasteiger partial charge in [0.2, 0.25) is 0 Å². The van der Waals surface area contributed by atoms with Crippen LogP contribution in [0.5, 0.6) is 5.75 Å². The maximum absolute atomic E-state index is 10.9. The maximum Gasteiger partial charge on any atom is 0.310 e. The van der Waals surface area contributed by atoms with E-state index >= 15 is 0 Å². The van der Waals surface area contributed by atoms with Crippen molar-refractivity contribution in [3.8, 4) is 5.75 Å². The molecule has 0 saturated heterocycles. The van der Waals surface area contributed by atoms with Crippen LogP contribution in [0.25, 0.3) is 0 Å². The van der Waals surface area contributed by atoms with Gasteiger partial charge in [0.1, 0.15) is 6.61 Å². The van der Waals surface area contributed by atoms with Crippen molar-refractivity contribution >= 4 is 11.4 Å². The quantitative estimate of drug-likeness (QED) is 0.669. The molecule has 0 amide bonds. The van der Waals surface area contributed by atoms with E-state index in [0.29, 0.717) is 5.69 Å². The molecule has 0 fully saturated rings. The number of pyridine rings is 1. The highest BCUT2D eigenvalue weighted by molar-refractivity contribution is 5.48. The van der Waals surface area contributed by atoms with Gasteiger partial charge in [-0.1, -0.05) is 6.07 Å². The molecule has 0 aliphatic heterocycles. The van der Waals surface area contributed by atoms with E-state index in [2.05, 4.69) is 10.3 Å². The van der Waals surface area contributed by atoms with E-state index < -0.39 is 4.92 Å². The number of anilines is 1. The molecule has 2 aromatic rings. The number of ether oxygens (including phenoxy) is 1. The summed E-state index contributed by atoms with van der Waals surface area (Å²) in [6.45, 7) is 2.04. The van der Waals surface area contributed by atoms with Crippen LogP contribution >= 0.6 is 0 Å². The first-order valence-electron chi connectivity index (χ1n) is 6.10. The highest BCUT2D eigenvalue weighted by atomic mass is 16.6. The number of hydrogen-bond acceptors (Lipinski definition) is 5. The van der Waals surface area contributed by atoms with Gasteiger partial charge < -0.3 is 10.1 Å². The second-order valence-corrected chi connectivity index (χ2v) is 4.30. The summed E-state index contributed by atoms with van der Waals surface area (Å²) >= 11 is 0. The number of aromatic nitrogens is 1. The minimum atomic E-state index is -0.452. The molecule has 1 N–H and O–H groups in total. The zero-order valence-electron chi connectivity index (χ0n) is 11.3. The number of nitro benzene ring substituents is 1. The van der Waals surface area contributed by atoms with Crippen molar-refractivity contribution in [1.82, 2.24) is 4.98 Å². The highest BCUT2D eigenvalue weighted by Gasteiger charge is 2.15. The third kappa shape index (κ3) is 3.23. The van der Waals surface area contributed by atoms with Crippen LogP contribution in [0.15, 0.2) is 36.5 Å². The van der Waals surface area contributed by atoms with Crippen molar-refractivity contribution in [3.63, 3.8) is 0 Å². The summed E-state index contributed by atoms with van der Waals surface area (Å²) < 4.78 is 5.53. The van der Waals surface area contributed by atoms with Gasteiger partial charge in [-0.25, -0.2) is 0 Å². The molecule has 0 aliphatic carbocycles. The van der Waals surface area contributed by atoms with E-state index in [1.54, 1.807) is 18.3 Å². The number of nitro groups is 1. The first-order chi connectivity index (χ1) is 9.60. The molecule has 2 rings (SSSR count). The van der Waals surface area contributed by atoms with Crippen LogP contribution in [0, 0.1) is 17.0 Å². The average Bonchev–Trinajstić information content (AvgIpc) is 2.45. The van der Waals surface area contributed by atoms with Gasteiger partial charge in [-0.2, -0.15) is 0 Å². The number of hydrogen-bond donors (Lipinski definition) is 1. The Morgan fingerprint density at radius 2 is 2.15 bits per heavy atom. The molecule has 20 heavy (non-hydrogen) atoms. The van der Waals surface area contributed by atoms with Crippen molar-refractivity contribution in [1.29, 1.82) is 0 Å². The lowest BCUT2D eigenvalue weighted by Crippen LogP contribution is -2.02. The number of aryl methyl sites for hydroxylation is 1. The lowest BCUT2D eigenvalue weighted by atomic mass is 10.2. The van der Waals surface area contributed by atoms with Gasteiger partial charge in [0.05, 0.1) is 10.6 Å². The van der Waals surface area contributed by atoms with Crippen LogP contribution in [-0.4, -0.2) is 17.0 Å². The Hall–Kier alpha value is -2.63. The van der Waals surface area contributed by atoms with Gasteiger partial charge in [-0.15, -0.1) is 0 Å². The third-order valence-corrected chi connectivity index (χ3v) is 2.79. The third-order valence-electron chi connectivity index (χ3n) is 2.79. The maximum atomic E-state index is 10.9.